The van der Waals surface area contributed by atoms with Gasteiger partial charge in [0.25, 0.3) is 5.69 Å². The highest BCUT2D eigenvalue weighted by atomic mass is 19.1. The second-order valence-corrected chi connectivity index (χ2v) is 3.80. The van der Waals surface area contributed by atoms with E-state index in [9.17, 15) is 14.5 Å². The molecule has 7 heteroatoms. The molecule has 0 saturated heterocycles. The Morgan fingerprint density at radius 3 is 2.89 bits per heavy atom. The van der Waals surface area contributed by atoms with E-state index in [2.05, 4.69) is 15.3 Å². The van der Waals surface area contributed by atoms with E-state index in [1.807, 2.05) is 6.92 Å². The number of H-pyrrole nitrogens is 1. The van der Waals surface area contributed by atoms with E-state index in [0.717, 1.165) is 6.07 Å². The minimum Gasteiger partial charge on any atom is -0.375 e. The van der Waals surface area contributed by atoms with E-state index in [1.165, 1.54) is 12.1 Å². The molecule has 0 bridgehead atoms. The van der Waals surface area contributed by atoms with E-state index in [4.69, 9.17) is 0 Å². The van der Waals surface area contributed by atoms with Crippen LogP contribution in [0.3, 0.4) is 0 Å². The lowest BCUT2D eigenvalue weighted by molar-refractivity contribution is -0.385. The minimum absolute atomic E-state index is 0.207. The predicted octanol–water partition coefficient (Wildman–Crippen LogP) is 2.63. The Labute approximate surface area is 102 Å². The molecular weight excluding hydrogens is 239 g/mol. The van der Waals surface area contributed by atoms with Gasteiger partial charge in [-0.1, -0.05) is 0 Å². The largest absolute Gasteiger partial charge is 0.375 e. The SMILES string of the molecule is CC(Nc1cc(F)cc([N+](=O)[O-])c1)c1ncc[nH]1. The molecule has 1 heterocycles. The summed E-state index contributed by atoms with van der Waals surface area (Å²) >= 11 is 0. The van der Waals surface area contributed by atoms with Crippen molar-refractivity contribution >= 4 is 11.4 Å². The van der Waals surface area contributed by atoms with Crippen LogP contribution >= 0.6 is 0 Å². The molecule has 2 aromatic rings. The number of hydrogen-bond donors (Lipinski definition) is 2. The lowest BCUT2D eigenvalue weighted by Gasteiger charge is -2.12. The van der Waals surface area contributed by atoms with Gasteiger partial charge in [0.05, 0.1) is 17.0 Å². The summed E-state index contributed by atoms with van der Waals surface area (Å²) in [7, 11) is 0. The van der Waals surface area contributed by atoms with Crippen LogP contribution in [0.5, 0.6) is 0 Å². The molecule has 6 nitrogen and oxygen atoms in total. The average Bonchev–Trinajstić information content (AvgIpc) is 2.81. The lowest BCUT2D eigenvalue weighted by Crippen LogP contribution is -2.08. The zero-order chi connectivity index (χ0) is 13.1. The highest BCUT2D eigenvalue weighted by Crippen LogP contribution is 2.23. The quantitative estimate of drug-likeness (QED) is 0.645. The second kappa shape index (κ2) is 4.82. The van der Waals surface area contributed by atoms with Gasteiger partial charge >= 0.3 is 0 Å². The van der Waals surface area contributed by atoms with Gasteiger partial charge in [-0.25, -0.2) is 9.37 Å². The first kappa shape index (κ1) is 12.0. The van der Waals surface area contributed by atoms with Gasteiger partial charge in [-0.15, -0.1) is 0 Å². The molecule has 0 aliphatic carbocycles. The molecule has 0 radical (unpaired) electrons. The zero-order valence-electron chi connectivity index (χ0n) is 9.55. The van der Waals surface area contributed by atoms with Crippen LogP contribution < -0.4 is 5.32 Å². The standard InChI is InChI=1S/C11H11FN4O2/c1-7(11-13-2-3-14-11)15-9-4-8(12)5-10(6-9)16(17)18/h2-7,15H,1H3,(H,13,14). The highest BCUT2D eigenvalue weighted by molar-refractivity contribution is 5.52. The van der Waals surface area contributed by atoms with Gasteiger partial charge in [0.15, 0.2) is 0 Å². The first-order valence-corrected chi connectivity index (χ1v) is 5.27. The lowest BCUT2D eigenvalue weighted by atomic mass is 10.2. The number of nitrogens with zero attached hydrogens (tertiary/aromatic N) is 2. The van der Waals surface area contributed by atoms with Crippen molar-refractivity contribution in [3.63, 3.8) is 0 Å². The first-order valence-electron chi connectivity index (χ1n) is 5.27. The fraction of sp³-hybridized carbons (Fsp3) is 0.182. The second-order valence-electron chi connectivity index (χ2n) is 3.80. The molecule has 94 valence electrons. The number of rotatable bonds is 4. The van der Waals surface area contributed by atoms with Crippen LogP contribution in [0.2, 0.25) is 0 Å². The van der Waals surface area contributed by atoms with Crippen molar-refractivity contribution in [3.8, 4) is 0 Å². The van der Waals surface area contributed by atoms with Crippen LogP contribution in [0.15, 0.2) is 30.6 Å². The third-order valence-corrected chi connectivity index (χ3v) is 2.41. The third kappa shape index (κ3) is 2.62. The summed E-state index contributed by atoms with van der Waals surface area (Å²) < 4.78 is 13.2. The maximum Gasteiger partial charge on any atom is 0.274 e. The minimum atomic E-state index is -0.654. The normalized spacial score (nSPS) is 12.1. The van der Waals surface area contributed by atoms with E-state index in [1.54, 1.807) is 12.4 Å². The molecule has 1 unspecified atom stereocenters. The fourth-order valence-electron chi connectivity index (χ4n) is 1.60. The summed E-state index contributed by atoms with van der Waals surface area (Å²) in [5.74, 6) is 0.0141. The predicted molar refractivity (Wildman–Crippen MR) is 63.7 cm³/mol. The number of aromatic nitrogens is 2. The highest BCUT2D eigenvalue weighted by Gasteiger charge is 2.13. The summed E-state index contributed by atoms with van der Waals surface area (Å²) in [6.07, 6.45) is 3.27. The Hall–Kier alpha value is -2.44. The maximum atomic E-state index is 13.2. The Morgan fingerprint density at radius 2 is 2.28 bits per heavy atom. The average molecular weight is 250 g/mol. The molecule has 0 fully saturated rings. The molecule has 0 aliphatic heterocycles. The molecule has 0 amide bonds. The van der Waals surface area contributed by atoms with Crippen molar-refractivity contribution in [2.75, 3.05) is 5.32 Å². The van der Waals surface area contributed by atoms with Crippen LogP contribution in [0.1, 0.15) is 18.8 Å². The van der Waals surface area contributed by atoms with Crippen molar-refractivity contribution in [1.82, 2.24) is 9.97 Å². The van der Waals surface area contributed by atoms with Gasteiger partial charge in [-0.2, -0.15) is 0 Å². The molecule has 2 rings (SSSR count). The van der Waals surface area contributed by atoms with Crippen LogP contribution in [0.25, 0.3) is 0 Å². The zero-order valence-corrected chi connectivity index (χ0v) is 9.55. The molecule has 1 aromatic heterocycles. The number of anilines is 1. The number of nitrogens with one attached hydrogen (secondary N) is 2. The van der Waals surface area contributed by atoms with Crippen molar-refractivity contribution in [1.29, 1.82) is 0 Å². The fourth-order valence-corrected chi connectivity index (χ4v) is 1.60. The Morgan fingerprint density at radius 1 is 1.50 bits per heavy atom. The number of non-ortho nitro benzene ring substituents is 1. The van der Waals surface area contributed by atoms with Crippen LogP contribution in [0.4, 0.5) is 15.8 Å². The molecule has 2 N–H and O–H groups in total. The smallest absolute Gasteiger partial charge is 0.274 e. The van der Waals surface area contributed by atoms with Crippen LogP contribution in [-0.4, -0.2) is 14.9 Å². The van der Waals surface area contributed by atoms with Crippen LogP contribution in [0, 0.1) is 15.9 Å². The van der Waals surface area contributed by atoms with Gasteiger partial charge in [0.1, 0.15) is 11.6 Å². The molecular formula is C11H11FN4O2. The molecule has 1 atom stereocenters. The summed E-state index contributed by atoms with van der Waals surface area (Å²) in [4.78, 5) is 16.9. The van der Waals surface area contributed by atoms with Gasteiger partial charge in [0, 0.05) is 24.1 Å². The number of halogens is 1. The summed E-state index contributed by atoms with van der Waals surface area (Å²) in [6.45, 7) is 1.82. The number of nitro groups is 1. The van der Waals surface area contributed by atoms with Crippen molar-refractivity contribution in [2.45, 2.75) is 13.0 Å². The summed E-state index contributed by atoms with van der Waals surface area (Å²) in [5.41, 5.74) is 0.0507. The number of hydrogen-bond acceptors (Lipinski definition) is 4. The van der Waals surface area contributed by atoms with Crippen molar-refractivity contribution < 1.29 is 9.31 Å². The maximum absolute atomic E-state index is 13.2. The van der Waals surface area contributed by atoms with Crippen molar-refractivity contribution in [3.05, 3.63) is 52.3 Å². The summed E-state index contributed by atoms with van der Waals surface area (Å²) in [5, 5.41) is 13.6. The molecule has 0 spiro atoms. The van der Waals surface area contributed by atoms with E-state index < -0.39 is 10.7 Å². The van der Waals surface area contributed by atoms with Crippen molar-refractivity contribution in [2.24, 2.45) is 0 Å². The van der Waals surface area contributed by atoms with Crippen LogP contribution in [-0.2, 0) is 0 Å². The van der Waals surface area contributed by atoms with E-state index in [0.29, 0.717) is 11.5 Å². The monoisotopic (exact) mass is 250 g/mol. The Balaban J connectivity index is 2.21. The topological polar surface area (TPSA) is 83.8 Å². The van der Waals surface area contributed by atoms with Gasteiger partial charge in [-0.3, -0.25) is 10.1 Å². The number of benzene rings is 1. The van der Waals surface area contributed by atoms with E-state index in [-0.39, 0.29) is 11.7 Å². The Bertz CT molecular complexity index is 556. The molecule has 18 heavy (non-hydrogen) atoms. The molecule has 0 aliphatic rings. The molecule has 0 saturated carbocycles. The number of imidazole rings is 1. The first-order chi connectivity index (χ1) is 8.56. The van der Waals surface area contributed by atoms with Gasteiger partial charge in [-0.05, 0) is 13.0 Å². The van der Waals surface area contributed by atoms with Gasteiger partial charge in [0.2, 0.25) is 0 Å². The third-order valence-electron chi connectivity index (χ3n) is 2.41. The number of nitro benzene ring substituents is 1. The summed E-state index contributed by atoms with van der Waals surface area (Å²) in [6, 6.07) is 3.15. The molecule has 1 aromatic carbocycles. The van der Waals surface area contributed by atoms with Gasteiger partial charge < -0.3 is 10.3 Å². The number of aromatic amines is 1. The Kier molecular flexibility index (Phi) is 3.22. The van der Waals surface area contributed by atoms with E-state index >= 15 is 0 Å².